The first-order chi connectivity index (χ1) is 5.05. The van der Waals surface area contributed by atoms with Crippen LogP contribution in [-0.2, 0) is 9.84 Å². The van der Waals surface area contributed by atoms with Gasteiger partial charge in [-0.1, -0.05) is 0 Å². The van der Waals surface area contributed by atoms with Crippen molar-refractivity contribution in [3.05, 3.63) is 16.3 Å². The van der Waals surface area contributed by atoms with E-state index in [1.165, 1.54) is 22.1 Å². The summed E-state index contributed by atoms with van der Waals surface area (Å²) in [6, 6.07) is 1.81. The minimum absolute atomic E-state index is 0.130. The number of thiophene rings is 1. The van der Waals surface area contributed by atoms with Gasteiger partial charge in [-0.25, -0.2) is 8.42 Å². The fourth-order valence-electron chi connectivity index (χ4n) is 0.654. The average molecular weight is 187 g/mol. The summed E-state index contributed by atoms with van der Waals surface area (Å²) in [5, 5.41) is 11.5. The molecular formula is C6H5NO2S2. The van der Waals surface area contributed by atoms with Gasteiger partial charge in [0.1, 0.15) is 6.07 Å². The van der Waals surface area contributed by atoms with Crippen LogP contribution >= 0.6 is 11.3 Å². The van der Waals surface area contributed by atoms with Crippen molar-refractivity contribution in [3.8, 4) is 6.07 Å². The Morgan fingerprint density at radius 2 is 2.18 bits per heavy atom. The quantitative estimate of drug-likeness (QED) is 0.659. The highest BCUT2D eigenvalue weighted by Crippen LogP contribution is 2.18. The Morgan fingerprint density at radius 3 is 2.55 bits per heavy atom. The van der Waals surface area contributed by atoms with Gasteiger partial charge in [0, 0.05) is 17.0 Å². The normalized spacial score (nSPS) is 10.9. The maximum absolute atomic E-state index is 10.9. The van der Waals surface area contributed by atoms with Crippen LogP contribution in [0, 0.1) is 11.3 Å². The molecule has 0 bridgehead atoms. The topological polar surface area (TPSA) is 57.9 Å². The summed E-state index contributed by atoms with van der Waals surface area (Å²) in [4.78, 5) is 0.130. The zero-order valence-corrected chi connectivity index (χ0v) is 7.37. The second-order valence-electron chi connectivity index (χ2n) is 2.03. The van der Waals surface area contributed by atoms with Gasteiger partial charge in [0.05, 0.1) is 10.5 Å². The van der Waals surface area contributed by atoms with E-state index >= 15 is 0 Å². The van der Waals surface area contributed by atoms with Crippen molar-refractivity contribution in [2.75, 3.05) is 6.26 Å². The Hall–Kier alpha value is -0.860. The molecule has 1 rings (SSSR count). The fraction of sp³-hybridized carbons (Fsp3) is 0.167. The molecule has 0 N–H and O–H groups in total. The maximum Gasteiger partial charge on any atom is 0.177 e. The predicted molar refractivity (Wildman–Crippen MR) is 42.1 cm³/mol. The third-order valence-corrected chi connectivity index (χ3v) is 3.18. The van der Waals surface area contributed by atoms with E-state index in [0.29, 0.717) is 0 Å². The molecule has 0 aromatic carbocycles. The van der Waals surface area contributed by atoms with Crippen LogP contribution < -0.4 is 0 Å². The highest BCUT2D eigenvalue weighted by Gasteiger charge is 2.13. The molecule has 0 unspecified atom stereocenters. The molecule has 0 amide bonds. The van der Waals surface area contributed by atoms with Gasteiger partial charge in [0.2, 0.25) is 0 Å². The van der Waals surface area contributed by atoms with Gasteiger partial charge in [-0.2, -0.15) is 5.26 Å². The largest absolute Gasteiger partial charge is 0.224 e. The van der Waals surface area contributed by atoms with Crippen LogP contribution in [0.2, 0.25) is 0 Å². The van der Waals surface area contributed by atoms with Crippen molar-refractivity contribution in [1.82, 2.24) is 0 Å². The molecule has 1 aromatic rings. The van der Waals surface area contributed by atoms with E-state index in [1.807, 2.05) is 6.07 Å². The third-order valence-electron chi connectivity index (χ3n) is 1.15. The maximum atomic E-state index is 10.9. The summed E-state index contributed by atoms with van der Waals surface area (Å²) in [5.41, 5.74) is 0.234. The molecule has 0 fully saturated rings. The second-order valence-corrected chi connectivity index (χ2v) is 4.76. The second kappa shape index (κ2) is 2.64. The Balaban J connectivity index is 3.39. The number of rotatable bonds is 1. The zero-order chi connectivity index (χ0) is 8.48. The Labute approximate surface area is 68.8 Å². The van der Waals surface area contributed by atoms with E-state index in [0.717, 1.165) is 6.26 Å². The van der Waals surface area contributed by atoms with E-state index in [2.05, 4.69) is 0 Å². The SMILES string of the molecule is CS(=O)(=O)c1cscc1C#N. The number of hydrogen-bond acceptors (Lipinski definition) is 4. The molecule has 3 nitrogen and oxygen atoms in total. The van der Waals surface area contributed by atoms with Gasteiger partial charge < -0.3 is 0 Å². The van der Waals surface area contributed by atoms with E-state index in [4.69, 9.17) is 5.26 Å². The summed E-state index contributed by atoms with van der Waals surface area (Å²) in [5.74, 6) is 0. The van der Waals surface area contributed by atoms with Gasteiger partial charge in [0.15, 0.2) is 9.84 Å². The standard InChI is InChI=1S/C6H5NO2S2/c1-11(8,9)6-4-10-3-5(6)2-7/h3-4H,1H3. The first kappa shape index (κ1) is 8.24. The minimum atomic E-state index is -3.21. The van der Waals surface area contributed by atoms with Crippen LogP contribution in [0.4, 0.5) is 0 Å². The molecule has 0 aliphatic rings. The van der Waals surface area contributed by atoms with E-state index in [1.54, 1.807) is 0 Å². The summed E-state index contributed by atoms with van der Waals surface area (Å²) < 4.78 is 21.9. The molecule has 0 aliphatic heterocycles. The highest BCUT2D eigenvalue weighted by molar-refractivity contribution is 7.90. The zero-order valence-electron chi connectivity index (χ0n) is 5.73. The summed E-state index contributed by atoms with van der Waals surface area (Å²) in [7, 11) is -3.21. The first-order valence-corrected chi connectivity index (χ1v) is 5.55. The summed E-state index contributed by atoms with van der Waals surface area (Å²) >= 11 is 1.22. The number of sulfone groups is 1. The molecule has 1 heterocycles. The lowest BCUT2D eigenvalue weighted by molar-refractivity contribution is 0.602. The van der Waals surface area contributed by atoms with Crippen molar-refractivity contribution < 1.29 is 8.42 Å². The smallest absolute Gasteiger partial charge is 0.177 e. The van der Waals surface area contributed by atoms with Crippen molar-refractivity contribution in [2.24, 2.45) is 0 Å². The van der Waals surface area contributed by atoms with Crippen LogP contribution in [0.15, 0.2) is 15.7 Å². The number of nitrogens with zero attached hydrogens (tertiary/aromatic N) is 1. The van der Waals surface area contributed by atoms with E-state index in [9.17, 15) is 8.42 Å². The number of nitriles is 1. The van der Waals surface area contributed by atoms with Crippen molar-refractivity contribution >= 4 is 21.2 Å². The molecular weight excluding hydrogens is 182 g/mol. The lowest BCUT2D eigenvalue weighted by Gasteiger charge is -1.90. The Bertz CT molecular complexity index is 396. The lowest BCUT2D eigenvalue weighted by Crippen LogP contribution is -1.96. The van der Waals surface area contributed by atoms with E-state index < -0.39 is 9.84 Å². The molecule has 0 saturated heterocycles. The minimum Gasteiger partial charge on any atom is -0.224 e. The van der Waals surface area contributed by atoms with Crippen LogP contribution in [0.3, 0.4) is 0 Å². The van der Waals surface area contributed by atoms with Gasteiger partial charge in [-0.05, 0) is 0 Å². The molecule has 11 heavy (non-hydrogen) atoms. The molecule has 5 heteroatoms. The van der Waals surface area contributed by atoms with Crippen molar-refractivity contribution in [1.29, 1.82) is 5.26 Å². The van der Waals surface area contributed by atoms with E-state index in [-0.39, 0.29) is 10.5 Å². The van der Waals surface area contributed by atoms with Gasteiger partial charge in [-0.15, -0.1) is 11.3 Å². The predicted octanol–water partition coefficient (Wildman–Crippen LogP) is 1.02. The number of hydrogen-bond donors (Lipinski definition) is 0. The van der Waals surface area contributed by atoms with Gasteiger partial charge in [-0.3, -0.25) is 0 Å². The Kier molecular flexibility index (Phi) is 1.98. The Morgan fingerprint density at radius 1 is 1.55 bits per heavy atom. The molecule has 58 valence electrons. The summed E-state index contributed by atoms with van der Waals surface area (Å²) in [6.07, 6.45) is 1.09. The molecule has 0 radical (unpaired) electrons. The van der Waals surface area contributed by atoms with Crippen LogP contribution in [0.5, 0.6) is 0 Å². The average Bonchev–Trinajstić information content (AvgIpc) is 2.31. The first-order valence-electron chi connectivity index (χ1n) is 2.72. The molecule has 0 aliphatic carbocycles. The highest BCUT2D eigenvalue weighted by atomic mass is 32.2. The van der Waals surface area contributed by atoms with Crippen LogP contribution in [0.1, 0.15) is 5.56 Å². The molecule has 0 saturated carbocycles. The third kappa shape index (κ3) is 1.59. The monoisotopic (exact) mass is 187 g/mol. The fourth-order valence-corrected chi connectivity index (χ4v) is 2.73. The van der Waals surface area contributed by atoms with Gasteiger partial charge >= 0.3 is 0 Å². The van der Waals surface area contributed by atoms with Gasteiger partial charge in [0.25, 0.3) is 0 Å². The van der Waals surface area contributed by atoms with Crippen LogP contribution in [0.25, 0.3) is 0 Å². The molecule has 1 aromatic heterocycles. The lowest BCUT2D eigenvalue weighted by atomic mass is 10.4. The molecule has 0 atom stereocenters. The van der Waals surface area contributed by atoms with Crippen molar-refractivity contribution in [2.45, 2.75) is 4.90 Å². The van der Waals surface area contributed by atoms with Crippen LogP contribution in [-0.4, -0.2) is 14.7 Å². The molecule has 0 spiro atoms. The summed E-state index contributed by atoms with van der Waals surface area (Å²) in [6.45, 7) is 0. The van der Waals surface area contributed by atoms with Crippen molar-refractivity contribution in [3.63, 3.8) is 0 Å².